The largest absolute Gasteiger partial charge is 0.301 e. The summed E-state index contributed by atoms with van der Waals surface area (Å²) < 4.78 is 0. The van der Waals surface area contributed by atoms with Crippen molar-refractivity contribution in [2.45, 2.75) is 53.0 Å². The molecule has 0 bridgehead atoms. The van der Waals surface area contributed by atoms with Gasteiger partial charge in [-0.1, -0.05) is 13.8 Å². The molecule has 0 rings (SSSR count). The predicted molar refractivity (Wildman–Crippen MR) is 56.9 cm³/mol. The van der Waals surface area contributed by atoms with Crippen LogP contribution in [0.3, 0.4) is 0 Å². The lowest BCUT2D eigenvalue weighted by Crippen LogP contribution is -2.33. The molecule has 0 aromatic carbocycles. The summed E-state index contributed by atoms with van der Waals surface area (Å²) in [4.78, 5) is 13.2. The molecule has 0 aliphatic heterocycles. The van der Waals surface area contributed by atoms with E-state index >= 15 is 0 Å². The van der Waals surface area contributed by atoms with Gasteiger partial charge in [0.25, 0.3) is 0 Å². The minimum absolute atomic E-state index is 0.306. The average molecular weight is 185 g/mol. The van der Waals surface area contributed by atoms with Gasteiger partial charge < -0.3 is 9.69 Å². The van der Waals surface area contributed by atoms with Crippen molar-refractivity contribution in [3.05, 3.63) is 0 Å². The Morgan fingerprint density at radius 3 is 2.38 bits per heavy atom. The molecule has 0 amide bonds. The van der Waals surface area contributed by atoms with E-state index in [1.807, 2.05) is 0 Å². The van der Waals surface area contributed by atoms with Gasteiger partial charge in [-0.2, -0.15) is 0 Å². The molecule has 2 nitrogen and oxygen atoms in total. The van der Waals surface area contributed by atoms with Gasteiger partial charge in [-0.15, -0.1) is 0 Å². The van der Waals surface area contributed by atoms with Crippen LogP contribution in [0.2, 0.25) is 0 Å². The molecule has 0 saturated carbocycles. The number of Topliss-reactive ketones (excluding diaryl/α,β-unsaturated/α-hetero) is 1. The summed E-state index contributed by atoms with van der Waals surface area (Å²) in [5.74, 6) is 0.306. The van der Waals surface area contributed by atoms with E-state index in [0.29, 0.717) is 11.8 Å². The van der Waals surface area contributed by atoms with Gasteiger partial charge in [-0.05, 0) is 39.8 Å². The molecular weight excluding hydrogens is 162 g/mol. The van der Waals surface area contributed by atoms with Crippen LogP contribution < -0.4 is 0 Å². The highest BCUT2D eigenvalue weighted by molar-refractivity contribution is 5.75. The topological polar surface area (TPSA) is 20.3 Å². The quantitative estimate of drug-likeness (QED) is 0.607. The van der Waals surface area contributed by atoms with Gasteiger partial charge in [0.1, 0.15) is 5.78 Å². The Bertz CT molecular complexity index is 145. The van der Waals surface area contributed by atoms with E-state index in [2.05, 4.69) is 25.7 Å². The lowest BCUT2D eigenvalue weighted by molar-refractivity contribution is -0.117. The second-order valence-electron chi connectivity index (χ2n) is 3.69. The first kappa shape index (κ1) is 12.6. The smallest absolute Gasteiger partial charge is 0.129 e. The summed E-state index contributed by atoms with van der Waals surface area (Å²) in [5.41, 5.74) is 0. The monoisotopic (exact) mass is 185 g/mol. The summed E-state index contributed by atoms with van der Waals surface area (Å²) >= 11 is 0. The molecule has 0 spiro atoms. The Hall–Kier alpha value is -0.370. The van der Waals surface area contributed by atoms with E-state index in [0.717, 1.165) is 25.9 Å². The molecule has 1 unspecified atom stereocenters. The Morgan fingerprint density at radius 1 is 1.38 bits per heavy atom. The van der Waals surface area contributed by atoms with Crippen molar-refractivity contribution in [3.63, 3.8) is 0 Å². The highest BCUT2D eigenvalue weighted by Gasteiger charge is 2.08. The van der Waals surface area contributed by atoms with Crippen LogP contribution in [-0.4, -0.2) is 29.8 Å². The van der Waals surface area contributed by atoms with Gasteiger partial charge in [0.15, 0.2) is 0 Å². The van der Waals surface area contributed by atoms with Crippen LogP contribution in [0.15, 0.2) is 0 Å². The standard InChI is InChI=1S/C11H23NO/c1-5-10(3)12(6-2)9-7-8-11(4)13/h10H,5-9H2,1-4H3. The Kier molecular flexibility index (Phi) is 6.87. The lowest BCUT2D eigenvalue weighted by Gasteiger charge is -2.26. The third-order valence-corrected chi connectivity index (χ3v) is 2.59. The van der Waals surface area contributed by atoms with Gasteiger partial charge in [0.05, 0.1) is 0 Å². The Morgan fingerprint density at radius 2 is 2.00 bits per heavy atom. The fourth-order valence-electron chi connectivity index (χ4n) is 1.48. The molecule has 0 radical (unpaired) electrons. The van der Waals surface area contributed by atoms with E-state index in [-0.39, 0.29) is 0 Å². The summed E-state index contributed by atoms with van der Waals surface area (Å²) in [6, 6.07) is 0.650. The SMILES string of the molecule is CCC(C)N(CC)CCCC(C)=O. The number of hydrogen-bond acceptors (Lipinski definition) is 2. The third kappa shape index (κ3) is 5.81. The van der Waals surface area contributed by atoms with E-state index in [9.17, 15) is 4.79 Å². The maximum absolute atomic E-state index is 10.7. The fourth-order valence-corrected chi connectivity index (χ4v) is 1.48. The number of hydrogen-bond donors (Lipinski definition) is 0. The van der Waals surface area contributed by atoms with Crippen molar-refractivity contribution < 1.29 is 4.79 Å². The summed E-state index contributed by atoms with van der Waals surface area (Å²) in [6.07, 6.45) is 2.92. The van der Waals surface area contributed by atoms with Gasteiger partial charge in [0, 0.05) is 12.5 Å². The van der Waals surface area contributed by atoms with Crippen LogP contribution in [0, 0.1) is 0 Å². The van der Waals surface area contributed by atoms with E-state index in [1.54, 1.807) is 6.92 Å². The molecule has 0 N–H and O–H groups in total. The fraction of sp³-hybridized carbons (Fsp3) is 0.909. The number of nitrogens with zero attached hydrogens (tertiary/aromatic N) is 1. The second-order valence-corrected chi connectivity index (χ2v) is 3.69. The van der Waals surface area contributed by atoms with Crippen LogP contribution in [0.25, 0.3) is 0 Å². The molecule has 13 heavy (non-hydrogen) atoms. The predicted octanol–water partition coefficient (Wildman–Crippen LogP) is 2.48. The van der Waals surface area contributed by atoms with Crippen LogP contribution in [0.5, 0.6) is 0 Å². The van der Waals surface area contributed by atoms with Gasteiger partial charge in [0.2, 0.25) is 0 Å². The molecule has 78 valence electrons. The molecule has 2 heteroatoms. The van der Waals surface area contributed by atoms with E-state index < -0.39 is 0 Å². The zero-order valence-electron chi connectivity index (χ0n) is 9.47. The van der Waals surface area contributed by atoms with E-state index in [1.165, 1.54) is 6.42 Å². The van der Waals surface area contributed by atoms with Crippen molar-refractivity contribution in [3.8, 4) is 0 Å². The van der Waals surface area contributed by atoms with Crippen LogP contribution in [0.1, 0.15) is 47.0 Å². The Labute approximate surface area is 82.3 Å². The molecule has 0 heterocycles. The summed E-state index contributed by atoms with van der Waals surface area (Å²) in [5, 5.41) is 0. The summed E-state index contributed by atoms with van der Waals surface area (Å²) in [6.45, 7) is 10.5. The van der Waals surface area contributed by atoms with Crippen molar-refractivity contribution in [2.75, 3.05) is 13.1 Å². The van der Waals surface area contributed by atoms with Crippen molar-refractivity contribution >= 4 is 5.78 Å². The second kappa shape index (κ2) is 7.07. The van der Waals surface area contributed by atoms with Gasteiger partial charge in [-0.3, -0.25) is 0 Å². The van der Waals surface area contributed by atoms with Crippen LogP contribution in [-0.2, 0) is 4.79 Å². The first-order valence-corrected chi connectivity index (χ1v) is 5.35. The van der Waals surface area contributed by atoms with Crippen LogP contribution >= 0.6 is 0 Å². The zero-order valence-corrected chi connectivity index (χ0v) is 9.47. The third-order valence-electron chi connectivity index (χ3n) is 2.59. The number of carbonyl (C=O) groups excluding carboxylic acids is 1. The minimum atomic E-state index is 0.306. The van der Waals surface area contributed by atoms with Crippen LogP contribution in [0.4, 0.5) is 0 Å². The summed E-state index contributed by atoms with van der Waals surface area (Å²) in [7, 11) is 0. The molecule has 0 fully saturated rings. The van der Waals surface area contributed by atoms with Gasteiger partial charge in [-0.25, -0.2) is 0 Å². The van der Waals surface area contributed by atoms with E-state index in [4.69, 9.17) is 0 Å². The van der Waals surface area contributed by atoms with Crippen molar-refractivity contribution in [1.82, 2.24) is 4.90 Å². The molecule has 1 atom stereocenters. The molecule has 0 aliphatic carbocycles. The molecular formula is C11H23NO. The number of ketones is 1. The average Bonchev–Trinajstić information content (AvgIpc) is 2.11. The molecule has 0 aromatic heterocycles. The molecule has 0 aromatic rings. The zero-order chi connectivity index (χ0) is 10.3. The maximum atomic E-state index is 10.7. The minimum Gasteiger partial charge on any atom is -0.301 e. The molecule has 0 saturated heterocycles. The highest BCUT2D eigenvalue weighted by atomic mass is 16.1. The normalized spacial score (nSPS) is 13.3. The highest BCUT2D eigenvalue weighted by Crippen LogP contribution is 2.04. The number of carbonyl (C=O) groups is 1. The van der Waals surface area contributed by atoms with Crippen molar-refractivity contribution in [1.29, 1.82) is 0 Å². The lowest BCUT2D eigenvalue weighted by atomic mass is 10.2. The first-order valence-electron chi connectivity index (χ1n) is 5.35. The Balaban J connectivity index is 3.65. The van der Waals surface area contributed by atoms with Crippen molar-refractivity contribution in [2.24, 2.45) is 0 Å². The number of rotatable bonds is 7. The maximum Gasteiger partial charge on any atom is 0.129 e. The van der Waals surface area contributed by atoms with Gasteiger partial charge >= 0.3 is 0 Å². The first-order chi connectivity index (χ1) is 6.11. The molecule has 0 aliphatic rings.